The number of esters is 2. The van der Waals surface area contributed by atoms with Crippen molar-refractivity contribution in [3.63, 3.8) is 0 Å². The molecule has 2 atom stereocenters. The Hall–Kier alpha value is -4.46. The van der Waals surface area contributed by atoms with Gasteiger partial charge in [0.1, 0.15) is 0 Å². The smallest absolute Gasteiger partial charge is 0.303 e. The molecule has 3 aromatic carbocycles. The van der Waals surface area contributed by atoms with Crippen molar-refractivity contribution in [1.29, 1.82) is 0 Å². The van der Waals surface area contributed by atoms with Crippen LogP contribution in [-0.4, -0.2) is 23.8 Å². The fourth-order valence-corrected chi connectivity index (χ4v) is 3.22. The third kappa shape index (κ3) is 6.77. The van der Waals surface area contributed by atoms with Crippen molar-refractivity contribution in [1.82, 2.24) is 0 Å². The Kier molecular flexibility index (Phi) is 8.12. The molecule has 0 heterocycles. The normalized spacial score (nSPS) is 12.1. The molecule has 0 bridgehead atoms. The van der Waals surface area contributed by atoms with Crippen LogP contribution >= 0.6 is 0 Å². The summed E-state index contributed by atoms with van der Waals surface area (Å²) in [6.07, 6.45) is -2.27. The maximum Gasteiger partial charge on any atom is 0.303 e. The first-order valence-electron chi connectivity index (χ1n) is 10.5. The minimum atomic E-state index is -1.14. The van der Waals surface area contributed by atoms with Gasteiger partial charge in [0.25, 0.3) is 11.8 Å². The van der Waals surface area contributed by atoms with Gasteiger partial charge in [0, 0.05) is 36.3 Å². The van der Waals surface area contributed by atoms with E-state index in [0.29, 0.717) is 22.5 Å². The van der Waals surface area contributed by atoms with Crippen LogP contribution in [0.2, 0.25) is 0 Å². The third-order valence-corrected chi connectivity index (χ3v) is 4.65. The largest absolute Gasteiger partial charge is 0.447 e. The molecule has 0 aliphatic carbocycles. The van der Waals surface area contributed by atoms with E-state index in [1.54, 1.807) is 84.9 Å². The second-order valence-electron chi connectivity index (χ2n) is 7.36. The van der Waals surface area contributed by atoms with E-state index < -0.39 is 36.0 Å². The summed E-state index contributed by atoms with van der Waals surface area (Å²) in [5, 5.41) is 5.40. The second kappa shape index (κ2) is 11.4. The first-order valence-corrected chi connectivity index (χ1v) is 10.5. The van der Waals surface area contributed by atoms with Crippen LogP contribution in [0.3, 0.4) is 0 Å². The third-order valence-electron chi connectivity index (χ3n) is 4.65. The van der Waals surface area contributed by atoms with Crippen molar-refractivity contribution in [2.75, 3.05) is 10.6 Å². The van der Waals surface area contributed by atoms with Crippen molar-refractivity contribution >= 4 is 35.1 Å². The zero-order valence-corrected chi connectivity index (χ0v) is 18.7. The predicted octanol–water partition coefficient (Wildman–Crippen LogP) is 4.17. The van der Waals surface area contributed by atoms with E-state index in [2.05, 4.69) is 10.6 Å². The Labute approximate surface area is 196 Å². The monoisotopic (exact) mass is 460 g/mol. The van der Waals surface area contributed by atoms with E-state index >= 15 is 0 Å². The molecule has 0 aliphatic heterocycles. The summed E-state index contributed by atoms with van der Waals surface area (Å²) in [7, 11) is 0. The molecule has 0 radical (unpaired) electrons. The highest BCUT2D eigenvalue weighted by Gasteiger charge is 2.25. The summed E-state index contributed by atoms with van der Waals surface area (Å²) in [6.45, 7) is 2.46. The molecule has 0 aliphatic rings. The summed E-state index contributed by atoms with van der Waals surface area (Å²) in [5.41, 5.74) is 1.79. The summed E-state index contributed by atoms with van der Waals surface area (Å²) in [4.78, 5) is 48.8. The number of amides is 2. The van der Waals surface area contributed by atoms with Gasteiger partial charge < -0.3 is 20.1 Å². The lowest BCUT2D eigenvalue weighted by molar-refractivity contribution is -0.152. The second-order valence-corrected chi connectivity index (χ2v) is 7.36. The van der Waals surface area contributed by atoms with Crippen LogP contribution in [0.1, 0.15) is 37.2 Å². The Balaban J connectivity index is 1.75. The van der Waals surface area contributed by atoms with Crippen LogP contribution in [0.4, 0.5) is 11.4 Å². The van der Waals surface area contributed by atoms with Crippen molar-refractivity contribution < 1.29 is 28.7 Å². The van der Waals surface area contributed by atoms with Gasteiger partial charge in [0.15, 0.2) is 0 Å². The zero-order chi connectivity index (χ0) is 24.5. The molecule has 0 unspecified atom stereocenters. The summed E-state index contributed by atoms with van der Waals surface area (Å²) < 4.78 is 10.4. The molecular formula is C26H24N2O6. The van der Waals surface area contributed by atoms with Gasteiger partial charge in [0.05, 0.1) is 0 Å². The summed E-state index contributed by atoms with van der Waals surface area (Å²) >= 11 is 0. The van der Waals surface area contributed by atoms with Gasteiger partial charge in [-0.05, 0) is 18.2 Å². The van der Waals surface area contributed by atoms with E-state index in [4.69, 9.17) is 9.47 Å². The van der Waals surface area contributed by atoms with Crippen molar-refractivity contribution in [3.05, 3.63) is 96.1 Å². The van der Waals surface area contributed by atoms with Crippen LogP contribution < -0.4 is 10.6 Å². The number of ether oxygens (including phenoxy) is 2. The standard InChI is InChI=1S/C26H24N2O6/c1-17(29)33-23(19-10-5-3-6-11-19)25(31)27-21-14-9-15-22(16-21)28-26(32)24(34-18(2)30)20-12-7-4-8-13-20/h3-16,23-24H,1-2H3,(H,27,31)(H,28,32)/t23-,24-/m0/s1. The van der Waals surface area contributed by atoms with Crippen LogP contribution in [-0.2, 0) is 28.7 Å². The van der Waals surface area contributed by atoms with Gasteiger partial charge in [-0.25, -0.2) is 0 Å². The van der Waals surface area contributed by atoms with Crippen LogP contribution in [0.5, 0.6) is 0 Å². The highest BCUT2D eigenvalue weighted by molar-refractivity contribution is 5.98. The van der Waals surface area contributed by atoms with E-state index in [1.807, 2.05) is 0 Å². The number of anilines is 2. The van der Waals surface area contributed by atoms with Crippen molar-refractivity contribution in [2.45, 2.75) is 26.1 Å². The fourth-order valence-electron chi connectivity index (χ4n) is 3.22. The molecule has 3 aromatic rings. The first kappa shape index (κ1) is 24.2. The van der Waals surface area contributed by atoms with Gasteiger partial charge in [-0.15, -0.1) is 0 Å². The Bertz CT molecular complexity index is 1080. The molecule has 8 heteroatoms. The number of benzene rings is 3. The molecule has 0 saturated heterocycles. The lowest BCUT2D eigenvalue weighted by Crippen LogP contribution is -2.26. The molecule has 0 fully saturated rings. The minimum Gasteiger partial charge on any atom is -0.447 e. The molecule has 34 heavy (non-hydrogen) atoms. The average molecular weight is 460 g/mol. The number of rotatable bonds is 8. The molecule has 174 valence electrons. The van der Waals surface area contributed by atoms with Gasteiger partial charge in [-0.1, -0.05) is 66.7 Å². The quantitative estimate of drug-likeness (QED) is 0.488. The van der Waals surface area contributed by atoms with Crippen molar-refractivity contribution in [3.8, 4) is 0 Å². The number of hydrogen-bond acceptors (Lipinski definition) is 6. The number of carbonyl (C=O) groups excluding carboxylic acids is 4. The number of carbonyl (C=O) groups is 4. The Morgan fingerprint density at radius 1 is 0.588 bits per heavy atom. The molecule has 0 aromatic heterocycles. The molecule has 3 rings (SSSR count). The van der Waals surface area contributed by atoms with Crippen molar-refractivity contribution in [2.24, 2.45) is 0 Å². The summed E-state index contributed by atoms with van der Waals surface area (Å²) in [5.74, 6) is -2.29. The van der Waals surface area contributed by atoms with E-state index in [1.165, 1.54) is 13.8 Å². The van der Waals surface area contributed by atoms with Crippen LogP contribution in [0.25, 0.3) is 0 Å². The molecule has 0 saturated carbocycles. The van der Waals surface area contributed by atoms with Crippen LogP contribution in [0.15, 0.2) is 84.9 Å². The fraction of sp³-hybridized carbons (Fsp3) is 0.154. The predicted molar refractivity (Wildman–Crippen MR) is 126 cm³/mol. The maximum absolute atomic E-state index is 12.9. The lowest BCUT2D eigenvalue weighted by atomic mass is 10.1. The highest BCUT2D eigenvalue weighted by Crippen LogP contribution is 2.24. The number of hydrogen-bond donors (Lipinski definition) is 2. The topological polar surface area (TPSA) is 111 Å². The first-order chi connectivity index (χ1) is 16.3. The van der Waals surface area contributed by atoms with Gasteiger partial charge in [-0.2, -0.15) is 0 Å². The Morgan fingerprint density at radius 3 is 1.32 bits per heavy atom. The zero-order valence-electron chi connectivity index (χ0n) is 18.7. The molecular weight excluding hydrogens is 436 g/mol. The molecule has 2 amide bonds. The SMILES string of the molecule is CC(=O)O[C@H](C(=O)Nc1cccc(NC(=O)[C@@H](OC(C)=O)c2ccccc2)c1)c1ccccc1. The summed E-state index contributed by atoms with van der Waals surface area (Å²) in [6, 6.07) is 23.7. The molecule has 8 nitrogen and oxygen atoms in total. The van der Waals surface area contributed by atoms with E-state index in [-0.39, 0.29) is 0 Å². The minimum absolute atomic E-state index is 0.375. The maximum atomic E-state index is 12.9. The van der Waals surface area contributed by atoms with E-state index in [9.17, 15) is 19.2 Å². The lowest BCUT2D eigenvalue weighted by Gasteiger charge is -2.19. The van der Waals surface area contributed by atoms with E-state index in [0.717, 1.165) is 0 Å². The Morgan fingerprint density at radius 2 is 0.971 bits per heavy atom. The number of nitrogens with one attached hydrogen (secondary N) is 2. The van der Waals surface area contributed by atoms with Gasteiger partial charge >= 0.3 is 11.9 Å². The van der Waals surface area contributed by atoms with Crippen LogP contribution in [0, 0.1) is 0 Å². The molecule has 2 N–H and O–H groups in total. The van der Waals surface area contributed by atoms with Gasteiger partial charge in [0.2, 0.25) is 12.2 Å². The average Bonchev–Trinajstić information content (AvgIpc) is 2.82. The molecule has 0 spiro atoms. The highest BCUT2D eigenvalue weighted by atomic mass is 16.6. The van der Waals surface area contributed by atoms with Gasteiger partial charge in [-0.3, -0.25) is 19.2 Å².